The van der Waals surface area contributed by atoms with Crippen molar-refractivity contribution in [2.45, 2.75) is 12.8 Å². The SMILES string of the molecule is CN(CCC1C=CC=CC1)S(=O)(=O)O. The Morgan fingerprint density at radius 3 is 2.71 bits per heavy atom. The van der Waals surface area contributed by atoms with Crippen molar-refractivity contribution in [3.63, 3.8) is 0 Å². The minimum absolute atomic E-state index is 0.349. The van der Waals surface area contributed by atoms with Gasteiger partial charge in [-0.2, -0.15) is 12.7 Å². The molecule has 1 aliphatic rings. The predicted molar refractivity (Wildman–Crippen MR) is 55.2 cm³/mol. The second-order valence-electron chi connectivity index (χ2n) is 3.40. The predicted octanol–water partition coefficient (Wildman–Crippen LogP) is 1.24. The summed E-state index contributed by atoms with van der Waals surface area (Å²) in [5, 5.41) is 0. The number of hydrogen-bond donors (Lipinski definition) is 1. The van der Waals surface area contributed by atoms with E-state index >= 15 is 0 Å². The quantitative estimate of drug-likeness (QED) is 0.721. The largest absolute Gasteiger partial charge is 0.335 e. The van der Waals surface area contributed by atoms with Crippen molar-refractivity contribution < 1.29 is 13.0 Å². The summed E-state index contributed by atoms with van der Waals surface area (Å²) >= 11 is 0. The first-order valence-corrected chi connectivity index (χ1v) is 5.92. The highest BCUT2D eigenvalue weighted by molar-refractivity contribution is 7.83. The molecule has 0 fully saturated rings. The summed E-state index contributed by atoms with van der Waals surface area (Å²) in [6.07, 6.45) is 9.72. The van der Waals surface area contributed by atoms with Gasteiger partial charge in [0, 0.05) is 13.6 Å². The Balaban J connectivity index is 2.34. The van der Waals surface area contributed by atoms with Gasteiger partial charge in [-0.3, -0.25) is 4.55 Å². The molecule has 0 aliphatic heterocycles. The molecule has 14 heavy (non-hydrogen) atoms. The summed E-state index contributed by atoms with van der Waals surface area (Å²) in [6.45, 7) is 0.349. The van der Waals surface area contributed by atoms with Crippen molar-refractivity contribution >= 4 is 10.3 Å². The molecule has 0 saturated carbocycles. The Labute approximate surface area is 84.8 Å². The van der Waals surface area contributed by atoms with Gasteiger partial charge in [0.05, 0.1) is 0 Å². The van der Waals surface area contributed by atoms with Gasteiger partial charge in [-0.15, -0.1) is 0 Å². The van der Waals surface area contributed by atoms with E-state index in [1.807, 2.05) is 12.2 Å². The summed E-state index contributed by atoms with van der Waals surface area (Å²) in [5.74, 6) is 0.379. The van der Waals surface area contributed by atoms with Crippen molar-refractivity contribution in [2.75, 3.05) is 13.6 Å². The van der Waals surface area contributed by atoms with Crippen LogP contribution >= 0.6 is 0 Å². The molecule has 5 heteroatoms. The summed E-state index contributed by atoms with van der Waals surface area (Å²) in [4.78, 5) is 0. The standard InChI is InChI=1S/C9H15NO3S/c1-10(14(11,12)13)8-7-9-5-3-2-4-6-9/h2-5,9H,6-8H2,1H3,(H,11,12,13). The van der Waals surface area contributed by atoms with Gasteiger partial charge in [0.1, 0.15) is 0 Å². The van der Waals surface area contributed by atoms with Crippen LogP contribution in [0.5, 0.6) is 0 Å². The third-order valence-electron chi connectivity index (χ3n) is 2.28. The van der Waals surface area contributed by atoms with E-state index in [4.69, 9.17) is 4.55 Å². The Morgan fingerprint density at radius 1 is 1.50 bits per heavy atom. The molecule has 0 radical (unpaired) electrons. The lowest BCUT2D eigenvalue weighted by atomic mass is 9.97. The molecule has 0 saturated heterocycles. The van der Waals surface area contributed by atoms with Crippen LogP contribution in [0.4, 0.5) is 0 Å². The lowest BCUT2D eigenvalue weighted by Gasteiger charge is -2.17. The van der Waals surface area contributed by atoms with Crippen LogP contribution in [0.1, 0.15) is 12.8 Å². The summed E-state index contributed by atoms with van der Waals surface area (Å²) in [6, 6.07) is 0. The molecule has 0 amide bonds. The number of hydrogen-bond acceptors (Lipinski definition) is 2. The first-order valence-electron chi connectivity index (χ1n) is 4.52. The minimum atomic E-state index is -4.01. The lowest BCUT2D eigenvalue weighted by molar-refractivity contribution is 0.371. The molecule has 0 heterocycles. The normalized spacial score (nSPS) is 21.8. The van der Waals surface area contributed by atoms with E-state index in [1.54, 1.807) is 0 Å². The molecule has 0 bridgehead atoms. The van der Waals surface area contributed by atoms with Gasteiger partial charge in [0.2, 0.25) is 0 Å². The monoisotopic (exact) mass is 217 g/mol. The maximum atomic E-state index is 10.7. The smallest absolute Gasteiger partial charge is 0.273 e. The van der Waals surface area contributed by atoms with E-state index in [9.17, 15) is 8.42 Å². The Kier molecular flexibility index (Phi) is 3.86. The van der Waals surface area contributed by atoms with Crippen LogP contribution in [0.2, 0.25) is 0 Å². The second-order valence-corrected chi connectivity index (χ2v) is 4.92. The highest BCUT2D eigenvalue weighted by atomic mass is 32.2. The van der Waals surface area contributed by atoms with Crippen LogP contribution in [0, 0.1) is 5.92 Å². The van der Waals surface area contributed by atoms with Crippen LogP contribution in [0.15, 0.2) is 24.3 Å². The maximum absolute atomic E-state index is 10.7. The molecule has 1 unspecified atom stereocenters. The zero-order chi connectivity index (χ0) is 10.6. The molecule has 1 N–H and O–H groups in total. The minimum Gasteiger partial charge on any atom is -0.273 e. The number of rotatable bonds is 4. The van der Waals surface area contributed by atoms with E-state index in [2.05, 4.69) is 12.2 Å². The van der Waals surface area contributed by atoms with Crippen molar-refractivity contribution in [3.05, 3.63) is 24.3 Å². The van der Waals surface area contributed by atoms with Gasteiger partial charge in [-0.05, 0) is 18.8 Å². The molecule has 0 aromatic heterocycles. The highest BCUT2D eigenvalue weighted by Gasteiger charge is 2.14. The van der Waals surface area contributed by atoms with E-state index in [0.717, 1.165) is 17.1 Å². The van der Waals surface area contributed by atoms with Crippen LogP contribution in [-0.2, 0) is 10.3 Å². The molecule has 0 aromatic rings. The highest BCUT2D eigenvalue weighted by Crippen LogP contribution is 2.15. The van der Waals surface area contributed by atoms with Gasteiger partial charge in [0.15, 0.2) is 0 Å². The zero-order valence-electron chi connectivity index (χ0n) is 8.13. The molecular weight excluding hydrogens is 202 g/mol. The van der Waals surface area contributed by atoms with Crippen LogP contribution in [-0.4, -0.2) is 30.9 Å². The molecule has 1 aliphatic carbocycles. The fourth-order valence-electron chi connectivity index (χ4n) is 1.31. The first-order chi connectivity index (χ1) is 6.50. The van der Waals surface area contributed by atoms with Gasteiger partial charge < -0.3 is 0 Å². The van der Waals surface area contributed by atoms with Crippen molar-refractivity contribution in [1.82, 2.24) is 4.31 Å². The van der Waals surface area contributed by atoms with E-state index in [0.29, 0.717) is 12.5 Å². The number of allylic oxidation sites excluding steroid dienone is 4. The van der Waals surface area contributed by atoms with Gasteiger partial charge in [0.25, 0.3) is 0 Å². The molecule has 0 spiro atoms. The van der Waals surface area contributed by atoms with E-state index < -0.39 is 10.3 Å². The summed E-state index contributed by atoms with van der Waals surface area (Å²) in [7, 11) is -2.64. The Morgan fingerprint density at radius 2 is 2.21 bits per heavy atom. The third-order valence-corrected chi connectivity index (χ3v) is 3.25. The zero-order valence-corrected chi connectivity index (χ0v) is 8.94. The van der Waals surface area contributed by atoms with Crippen molar-refractivity contribution in [3.8, 4) is 0 Å². The second kappa shape index (κ2) is 4.72. The third kappa shape index (κ3) is 3.61. The Bertz CT molecular complexity index is 332. The number of nitrogens with zero attached hydrogens (tertiary/aromatic N) is 1. The Hall–Kier alpha value is -0.650. The average Bonchev–Trinajstić information content (AvgIpc) is 2.14. The van der Waals surface area contributed by atoms with Crippen molar-refractivity contribution in [2.24, 2.45) is 5.92 Å². The topological polar surface area (TPSA) is 57.6 Å². The lowest BCUT2D eigenvalue weighted by Crippen LogP contribution is -2.28. The first kappa shape index (κ1) is 11.4. The van der Waals surface area contributed by atoms with Gasteiger partial charge in [-0.1, -0.05) is 24.3 Å². The molecular formula is C9H15NO3S. The summed E-state index contributed by atoms with van der Waals surface area (Å²) in [5.41, 5.74) is 0. The van der Waals surface area contributed by atoms with E-state index in [-0.39, 0.29) is 0 Å². The van der Waals surface area contributed by atoms with Gasteiger partial charge >= 0.3 is 10.3 Å². The van der Waals surface area contributed by atoms with Crippen LogP contribution < -0.4 is 0 Å². The molecule has 4 nitrogen and oxygen atoms in total. The molecule has 1 atom stereocenters. The fourth-order valence-corrected chi connectivity index (χ4v) is 1.64. The average molecular weight is 217 g/mol. The fraction of sp³-hybridized carbons (Fsp3) is 0.556. The van der Waals surface area contributed by atoms with Gasteiger partial charge in [-0.25, -0.2) is 0 Å². The van der Waals surface area contributed by atoms with Crippen LogP contribution in [0.25, 0.3) is 0 Å². The maximum Gasteiger partial charge on any atom is 0.335 e. The van der Waals surface area contributed by atoms with E-state index in [1.165, 1.54) is 7.05 Å². The summed E-state index contributed by atoms with van der Waals surface area (Å²) < 4.78 is 30.9. The van der Waals surface area contributed by atoms with Crippen LogP contribution in [0.3, 0.4) is 0 Å². The van der Waals surface area contributed by atoms with Crippen molar-refractivity contribution in [1.29, 1.82) is 0 Å². The molecule has 80 valence electrons. The molecule has 1 rings (SSSR count). The molecule has 0 aromatic carbocycles.